The smallest absolute Gasteiger partial charge is 0.0918 e. The summed E-state index contributed by atoms with van der Waals surface area (Å²) < 4.78 is 6.06. The highest BCUT2D eigenvalue weighted by molar-refractivity contribution is 5.06. The molecule has 0 aliphatic carbocycles. The van der Waals surface area contributed by atoms with Crippen molar-refractivity contribution < 1.29 is 25.2 Å². The number of allylic oxidation sites excluding steroid dienone is 6. The van der Waals surface area contributed by atoms with Crippen LogP contribution in [0, 0.1) is 0 Å². The first kappa shape index (κ1) is 32.0. The first-order chi connectivity index (χ1) is 16.0. The predicted octanol–water partition coefficient (Wildman–Crippen LogP) is 6.15. The second-order valence-electron chi connectivity index (χ2n) is 12.1. The van der Waals surface area contributed by atoms with Gasteiger partial charge in [0.15, 0.2) is 0 Å². The van der Waals surface area contributed by atoms with Gasteiger partial charge in [-0.15, -0.1) is 0 Å². The van der Waals surface area contributed by atoms with Gasteiger partial charge in [0, 0.05) is 0 Å². The molecule has 204 valence electrons. The van der Waals surface area contributed by atoms with Crippen LogP contribution in [0.1, 0.15) is 120 Å². The van der Waals surface area contributed by atoms with Crippen LogP contribution in [0.4, 0.5) is 0 Å². The number of hydrogen-bond donors (Lipinski definition) is 4. The molecule has 4 atom stereocenters. The standard InChI is InChI=1S/C30H54O5/c1-22(14-11-15-24(3)16-18-25(31)28(4,5)33)12-9-10-13-23(2)17-19-26(32)30(8)21-20-27(35-30)29(6,7)34/h12-13,15,25-27,31-34H,9-11,14,16-21H2,1-8H3/b22-12+,23-13+,24-15+/t25-,26+,27-,30-/m1/s1. The van der Waals surface area contributed by atoms with Crippen LogP contribution in [0.15, 0.2) is 34.9 Å². The lowest BCUT2D eigenvalue weighted by molar-refractivity contribution is -0.153. The molecule has 0 saturated carbocycles. The molecule has 4 N–H and O–H groups in total. The molecule has 1 aliphatic rings. The Labute approximate surface area is 215 Å². The van der Waals surface area contributed by atoms with Gasteiger partial charge in [-0.2, -0.15) is 0 Å². The number of aliphatic hydroxyl groups is 4. The van der Waals surface area contributed by atoms with E-state index < -0.39 is 29.0 Å². The van der Waals surface area contributed by atoms with Crippen molar-refractivity contribution in [3.05, 3.63) is 34.9 Å². The van der Waals surface area contributed by atoms with Gasteiger partial charge in [-0.3, -0.25) is 0 Å². The van der Waals surface area contributed by atoms with E-state index in [9.17, 15) is 20.4 Å². The van der Waals surface area contributed by atoms with Gasteiger partial charge in [0.2, 0.25) is 0 Å². The molecule has 35 heavy (non-hydrogen) atoms. The Morgan fingerprint density at radius 1 is 0.857 bits per heavy atom. The molecule has 1 saturated heterocycles. The van der Waals surface area contributed by atoms with Gasteiger partial charge in [0.1, 0.15) is 0 Å². The predicted molar refractivity (Wildman–Crippen MR) is 145 cm³/mol. The Balaban J connectivity index is 2.31. The minimum atomic E-state index is -1.05. The Kier molecular flexibility index (Phi) is 12.9. The molecule has 1 aliphatic heterocycles. The Bertz CT molecular complexity index is 722. The molecule has 0 radical (unpaired) electrons. The molecule has 0 aromatic carbocycles. The van der Waals surface area contributed by atoms with Crippen molar-refractivity contribution >= 4 is 0 Å². The summed E-state index contributed by atoms with van der Waals surface area (Å²) in [5.41, 5.74) is 1.44. The lowest BCUT2D eigenvalue weighted by atomic mass is 9.90. The molecule has 0 amide bonds. The molecular formula is C30H54O5. The summed E-state index contributed by atoms with van der Waals surface area (Å²) in [6, 6.07) is 0. The lowest BCUT2D eigenvalue weighted by Gasteiger charge is -2.33. The number of aliphatic hydroxyl groups excluding tert-OH is 2. The minimum absolute atomic E-state index is 0.222. The van der Waals surface area contributed by atoms with E-state index in [1.165, 1.54) is 16.7 Å². The molecular weight excluding hydrogens is 440 g/mol. The molecule has 1 heterocycles. The third-order valence-corrected chi connectivity index (χ3v) is 7.43. The molecule has 0 aromatic rings. The summed E-state index contributed by atoms with van der Waals surface area (Å²) in [6.07, 6.45) is 13.9. The van der Waals surface area contributed by atoms with Crippen molar-refractivity contribution in [1.29, 1.82) is 0 Å². The van der Waals surface area contributed by atoms with Crippen molar-refractivity contribution in [2.45, 2.75) is 155 Å². The van der Waals surface area contributed by atoms with Crippen LogP contribution >= 0.6 is 0 Å². The van der Waals surface area contributed by atoms with Gasteiger partial charge in [-0.05, 0) is 120 Å². The number of unbranched alkanes of at least 4 members (excludes halogenated alkanes) is 1. The molecule has 0 spiro atoms. The highest BCUT2D eigenvalue weighted by Gasteiger charge is 2.46. The van der Waals surface area contributed by atoms with Crippen molar-refractivity contribution in [3.8, 4) is 0 Å². The number of rotatable bonds is 15. The highest BCUT2D eigenvalue weighted by atomic mass is 16.5. The monoisotopic (exact) mass is 494 g/mol. The summed E-state index contributed by atoms with van der Waals surface area (Å²) in [4.78, 5) is 0. The van der Waals surface area contributed by atoms with Crippen molar-refractivity contribution in [2.24, 2.45) is 0 Å². The summed E-state index contributed by atoms with van der Waals surface area (Å²) in [7, 11) is 0. The molecule has 0 unspecified atom stereocenters. The van der Waals surface area contributed by atoms with Crippen LogP contribution in [-0.2, 0) is 4.74 Å². The summed E-state index contributed by atoms with van der Waals surface area (Å²) in [5.74, 6) is 0. The molecule has 1 fully saturated rings. The summed E-state index contributed by atoms with van der Waals surface area (Å²) in [6.45, 7) is 15.2. The van der Waals surface area contributed by atoms with Gasteiger partial charge < -0.3 is 25.2 Å². The zero-order valence-corrected chi connectivity index (χ0v) is 23.7. The SMILES string of the molecule is C/C(=C\CC/C=C(\C)CC[C@H](O)[C@@]1(C)CC[C@H](C(C)(C)O)O1)CC/C=C(\C)CC[C@@H](O)C(C)(C)O. The van der Waals surface area contributed by atoms with Crippen molar-refractivity contribution in [1.82, 2.24) is 0 Å². The molecule has 5 heteroatoms. The first-order valence-electron chi connectivity index (χ1n) is 13.5. The van der Waals surface area contributed by atoms with E-state index in [1.807, 2.05) is 6.92 Å². The Morgan fingerprint density at radius 2 is 1.34 bits per heavy atom. The van der Waals surface area contributed by atoms with Crippen molar-refractivity contribution in [3.63, 3.8) is 0 Å². The van der Waals surface area contributed by atoms with Gasteiger partial charge in [0.05, 0.1) is 35.1 Å². The van der Waals surface area contributed by atoms with Gasteiger partial charge in [0.25, 0.3) is 0 Å². The van der Waals surface area contributed by atoms with Gasteiger partial charge in [-0.25, -0.2) is 0 Å². The molecule has 0 bridgehead atoms. The maximum atomic E-state index is 10.7. The summed E-state index contributed by atoms with van der Waals surface area (Å²) >= 11 is 0. The van der Waals surface area contributed by atoms with Crippen LogP contribution in [0.3, 0.4) is 0 Å². The highest BCUT2D eigenvalue weighted by Crippen LogP contribution is 2.38. The third-order valence-electron chi connectivity index (χ3n) is 7.43. The maximum Gasteiger partial charge on any atom is 0.0918 e. The van der Waals surface area contributed by atoms with Crippen LogP contribution in [-0.4, -0.2) is 55.5 Å². The average Bonchev–Trinajstić information content (AvgIpc) is 3.16. The van der Waals surface area contributed by atoms with E-state index >= 15 is 0 Å². The Hall–Kier alpha value is -0.980. The normalized spacial score (nSPS) is 24.7. The topological polar surface area (TPSA) is 90.2 Å². The quantitative estimate of drug-likeness (QED) is 0.162. The largest absolute Gasteiger partial charge is 0.390 e. The van der Waals surface area contributed by atoms with Crippen LogP contribution in [0.5, 0.6) is 0 Å². The van der Waals surface area contributed by atoms with Gasteiger partial charge in [-0.1, -0.05) is 34.9 Å². The van der Waals surface area contributed by atoms with E-state index in [-0.39, 0.29) is 6.10 Å². The van der Waals surface area contributed by atoms with E-state index in [2.05, 4.69) is 39.0 Å². The van der Waals surface area contributed by atoms with E-state index in [4.69, 9.17) is 4.74 Å². The van der Waals surface area contributed by atoms with Crippen molar-refractivity contribution in [2.75, 3.05) is 0 Å². The molecule has 0 aromatic heterocycles. The third kappa shape index (κ3) is 12.2. The second-order valence-corrected chi connectivity index (χ2v) is 12.1. The molecule has 5 nitrogen and oxygen atoms in total. The van der Waals surface area contributed by atoms with Crippen LogP contribution in [0.2, 0.25) is 0 Å². The first-order valence-corrected chi connectivity index (χ1v) is 13.5. The van der Waals surface area contributed by atoms with Crippen LogP contribution < -0.4 is 0 Å². The van der Waals surface area contributed by atoms with E-state index in [0.29, 0.717) is 12.8 Å². The lowest BCUT2D eigenvalue weighted by Crippen LogP contribution is -2.43. The maximum absolute atomic E-state index is 10.7. The fourth-order valence-corrected chi connectivity index (χ4v) is 4.50. The van der Waals surface area contributed by atoms with Crippen LogP contribution in [0.25, 0.3) is 0 Å². The molecule has 1 rings (SSSR count). The fraction of sp³-hybridized carbons (Fsp3) is 0.800. The number of ether oxygens (including phenoxy) is 1. The average molecular weight is 495 g/mol. The Morgan fingerprint density at radius 3 is 1.83 bits per heavy atom. The van der Waals surface area contributed by atoms with E-state index in [1.54, 1.807) is 27.7 Å². The van der Waals surface area contributed by atoms with Gasteiger partial charge >= 0.3 is 0 Å². The zero-order chi connectivity index (χ0) is 26.9. The zero-order valence-electron chi connectivity index (χ0n) is 23.7. The second kappa shape index (κ2) is 14.1. The van der Waals surface area contributed by atoms with E-state index in [0.717, 1.165) is 51.4 Å². The summed E-state index contributed by atoms with van der Waals surface area (Å²) in [5, 5.41) is 40.7. The minimum Gasteiger partial charge on any atom is -0.390 e. The number of hydrogen-bond acceptors (Lipinski definition) is 5. The fourth-order valence-electron chi connectivity index (χ4n) is 4.50.